The molecule has 1 N–H and O–H groups in total. The molecule has 0 aromatic carbocycles. The van der Waals surface area contributed by atoms with Gasteiger partial charge in [0.05, 0.1) is 6.04 Å². The topological polar surface area (TPSA) is 50.2 Å². The fourth-order valence-corrected chi connectivity index (χ4v) is 2.41. The lowest BCUT2D eigenvalue weighted by Gasteiger charge is -2.18. The molecule has 1 unspecified atom stereocenters. The Bertz CT molecular complexity index is 413. The maximum atomic E-state index is 12.1. The van der Waals surface area contributed by atoms with Crippen molar-refractivity contribution in [3.8, 4) is 0 Å². The van der Waals surface area contributed by atoms with Crippen LogP contribution in [0.25, 0.3) is 0 Å². The molecule has 1 atom stereocenters. The molecule has 5 heteroatoms. The smallest absolute Gasteiger partial charge is 0.239 e. The highest BCUT2D eigenvalue weighted by atomic mass is 16.2. The first-order chi connectivity index (χ1) is 8.58. The number of hydrogen-bond acceptors (Lipinski definition) is 3. The van der Waals surface area contributed by atoms with E-state index in [9.17, 15) is 4.79 Å². The number of carbonyl (C=O) groups is 1. The number of carbonyl (C=O) groups excluding carboxylic acids is 1. The van der Waals surface area contributed by atoms with E-state index >= 15 is 0 Å². The molecule has 5 nitrogen and oxygen atoms in total. The molecule has 0 spiro atoms. The summed E-state index contributed by atoms with van der Waals surface area (Å²) in [6.07, 6.45) is 3.59. The molecule has 0 saturated carbocycles. The van der Waals surface area contributed by atoms with E-state index in [-0.39, 0.29) is 11.9 Å². The zero-order valence-electron chi connectivity index (χ0n) is 11.4. The van der Waals surface area contributed by atoms with Gasteiger partial charge in [-0.2, -0.15) is 5.10 Å². The second-order valence-electron chi connectivity index (χ2n) is 5.18. The highest BCUT2D eigenvalue weighted by Gasteiger charge is 2.31. The lowest BCUT2D eigenvalue weighted by Crippen LogP contribution is -2.42. The van der Waals surface area contributed by atoms with Crippen LogP contribution >= 0.6 is 0 Å². The Morgan fingerprint density at radius 1 is 1.56 bits per heavy atom. The molecule has 1 fully saturated rings. The molecular weight excluding hydrogens is 228 g/mol. The Morgan fingerprint density at radius 2 is 2.33 bits per heavy atom. The zero-order chi connectivity index (χ0) is 13.1. The van der Waals surface area contributed by atoms with Gasteiger partial charge in [-0.25, -0.2) is 0 Å². The highest BCUT2D eigenvalue weighted by molar-refractivity contribution is 5.84. The van der Waals surface area contributed by atoms with Crippen molar-refractivity contribution >= 4 is 5.91 Å². The summed E-state index contributed by atoms with van der Waals surface area (Å²) in [6.45, 7) is 5.80. The van der Waals surface area contributed by atoms with Crippen molar-refractivity contribution < 1.29 is 4.79 Å². The quantitative estimate of drug-likeness (QED) is 0.831. The van der Waals surface area contributed by atoms with Gasteiger partial charge in [0.25, 0.3) is 0 Å². The van der Waals surface area contributed by atoms with Crippen LogP contribution in [0.3, 0.4) is 0 Å². The lowest BCUT2D eigenvalue weighted by atomic mass is 10.2. The van der Waals surface area contributed by atoms with Crippen LogP contribution in [-0.4, -0.2) is 45.8 Å². The Labute approximate surface area is 108 Å². The number of aromatic nitrogens is 2. The molecule has 2 rings (SSSR count). The normalized spacial score (nSPS) is 20.1. The van der Waals surface area contributed by atoms with Crippen molar-refractivity contribution in [2.75, 3.05) is 13.1 Å². The Hall–Kier alpha value is -1.36. The molecule has 1 aliphatic rings. The van der Waals surface area contributed by atoms with Crippen LogP contribution < -0.4 is 5.32 Å². The fourth-order valence-electron chi connectivity index (χ4n) is 2.41. The van der Waals surface area contributed by atoms with Gasteiger partial charge >= 0.3 is 0 Å². The van der Waals surface area contributed by atoms with Gasteiger partial charge in [0.1, 0.15) is 0 Å². The van der Waals surface area contributed by atoms with Crippen molar-refractivity contribution in [3.05, 3.63) is 18.0 Å². The van der Waals surface area contributed by atoms with E-state index in [1.54, 1.807) is 6.20 Å². The van der Waals surface area contributed by atoms with Gasteiger partial charge in [-0.05, 0) is 12.5 Å². The predicted octanol–water partition coefficient (Wildman–Crippen LogP) is 0.561. The Morgan fingerprint density at radius 3 is 2.94 bits per heavy atom. The van der Waals surface area contributed by atoms with E-state index in [2.05, 4.69) is 24.3 Å². The third kappa shape index (κ3) is 2.90. The van der Waals surface area contributed by atoms with Crippen molar-refractivity contribution in [3.63, 3.8) is 0 Å². The first-order valence-electron chi connectivity index (χ1n) is 6.59. The van der Waals surface area contributed by atoms with E-state index in [1.165, 1.54) is 5.69 Å². The SMILES string of the molecule is CC(C)NC1CCN(CCc2ccnn2C)C1=O. The summed E-state index contributed by atoms with van der Waals surface area (Å²) in [4.78, 5) is 14.1. The van der Waals surface area contributed by atoms with Crippen LogP contribution in [0.15, 0.2) is 12.3 Å². The summed E-state index contributed by atoms with van der Waals surface area (Å²) >= 11 is 0. The summed E-state index contributed by atoms with van der Waals surface area (Å²) < 4.78 is 1.87. The molecule has 1 aromatic heterocycles. The average Bonchev–Trinajstić information content (AvgIpc) is 2.85. The predicted molar refractivity (Wildman–Crippen MR) is 70.2 cm³/mol. The molecule has 1 aromatic rings. The molecule has 18 heavy (non-hydrogen) atoms. The second-order valence-corrected chi connectivity index (χ2v) is 5.18. The van der Waals surface area contributed by atoms with Crippen LogP contribution in [0.2, 0.25) is 0 Å². The molecule has 0 aliphatic carbocycles. The average molecular weight is 250 g/mol. The summed E-state index contributed by atoms with van der Waals surface area (Å²) in [5, 5.41) is 7.45. The maximum Gasteiger partial charge on any atom is 0.239 e. The number of hydrogen-bond donors (Lipinski definition) is 1. The van der Waals surface area contributed by atoms with E-state index in [4.69, 9.17) is 0 Å². The molecule has 1 aliphatic heterocycles. The number of amides is 1. The Balaban J connectivity index is 1.85. The molecular formula is C13H22N4O. The molecule has 1 saturated heterocycles. The van der Waals surface area contributed by atoms with Crippen molar-refractivity contribution in [1.82, 2.24) is 20.0 Å². The van der Waals surface area contributed by atoms with Gasteiger partial charge in [0.15, 0.2) is 0 Å². The van der Waals surface area contributed by atoms with E-state index in [0.717, 1.165) is 25.9 Å². The minimum atomic E-state index is 0.0107. The summed E-state index contributed by atoms with van der Waals surface area (Å²) in [6, 6.07) is 2.37. The van der Waals surface area contributed by atoms with Crippen molar-refractivity contribution in [2.24, 2.45) is 7.05 Å². The number of nitrogens with one attached hydrogen (secondary N) is 1. The molecule has 0 radical (unpaired) electrons. The molecule has 100 valence electrons. The molecule has 2 heterocycles. The van der Waals surface area contributed by atoms with Gasteiger partial charge in [-0.3, -0.25) is 9.48 Å². The second kappa shape index (κ2) is 5.52. The molecule has 0 bridgehead atoms. The van der Waals surface area contributed by atoms with Gasteiger partial charge in [0.2, 0.25) is 5.91 Å². The maximum absolute atomic E-state index is 12.1. The monoisotopic (exact) mass is 250 g/mol. The molecule has 1 amide bonds. The van der Waals surface area contributed by atoms with Crippen molar-refractivity contribution in [2.45, 2.75) is 38.8 Å². The summed E-state index contributed by atoms with van der Waals surface area (Å²) in [5.74, 6) is 0.242. The summed E-state index contributed by atoms with van der Waals surface area (Å²) in [7, 11) is 1.93. The van der Waals surface area contributed by atoms with Gasteiger partial charge < -0.3 is 10.2 Å². The lowest BCUT2D eigenvalue weighted by molar-refractivity contribution is -0.129. The number of rotatable bonds is 5. The minimum absolute atomic E-state index is 0.0107. The van der Waals surface area contributed by atoms with Gasteiger partial charge in [0, 0.05) is 44.5 Å². The van der Waals surface area contributed by atoms with E-state index < -0.39 is 0 Å². The Kier molecular flexibility index (Phi) is 4.01. The van der Waals surface area contributed by atoms with Gasteiger partial charge in [-0.1, -0.05) is 13.8 Å². The largest absolute Gasteiger partial charge is 0.341 e. The van der Waals surface area contributed by atoms with E-state index in [1.807, 2.05) is 22.7 Å². The van der Waals surface area contributed by atoms with Crippen molar-refractivity contribution in [1.29, 1.82) is 0 Å². The number of likely N-dealkylation sites (tertiary alicyclic amines) is 1. The number of nitrogens with zero attached hydrogens (tertiary/aromatic N) is 3. The minimum Gasteiger partial charge on any atom is -0.341 e. The van der Waals surface area contributed by atoms with Gasteiger partial charge in [-0.15, -0.1) is 0 Å². The van der Waals surface area contributed by atoms with Crippen LogP contribution in [0.1, 0.15) is 26.0 Å². The number of aryl methyl sites for hydroxylation is 1. The third-order valence-corrected chi connectivity index (χ3v) is 3.39. The zero-order valence-corrected chi connectivity index (χ0v) is 11.4. The first-order valence-corrected chi connectivity index (χ1v) is 6.59. The van der Waals surface area contributed by atoms with Crippen LogP contribution in [0, 0.1) is 0 Å². The van der Waals surface area contributed by atoms with E-state index in [0.29, 0.717) is 6.04 Å². The van der Waals surface area contributed by atoms with Crippen LogP contribution in [0.4, 0.5) is 0 Å². The van der Waals surface area contributed by atoms with Crippen LogP contribution in [0.5, 0.6) is 0 Å². The first kappa shape index (κ1) is 13.1. The highest BCUT2D eigenvalue weighted by Crippen LogP contribution is 2.12. The fraction of sp³-hybridized carbons (Fsp3) is 0.692. The standard InChI is InChI=1S/C13H22N4O/c1-10(2)15-12-6-9-17(13(12)18)8-5-11-4-7-14-16(11)3/h4,7,10,12,15H,5-6,8-9H2,1-3H3. The van der Waals surface area contributed by atoms with Crippen LogP contribution in [-0.2, 0) is 18.3 Å². The summed E-state index contributed by atoms with van der Waals surface area (Å²) in [5.41, 5.74) is 1.17. The third-order valence-electron chi connectivity index (χ3n) is 3.39.